The van der Waals surface area contributed by atoms with Crippen molar-refractivity contribution in [1.29, 1.82) is 0 Å². The molecule has 0 atom stereocenters. The summed E-state index contributed by atoms with van der Waals surface area (Å²) in [6.07, 6.45) is 0.814. The summed E-state index contributed by atoms with van der Waals surface area (Å²) in [6, 6.07) is 16.6. The lowest BCUT2D eigenvalue weighted by atomic mass is 10.0. The van der Waals surface area contributed by atoms with E-state index in [1.807, 2.05) is 35.7 Å². The van der Waals surface area contributed by atoms with Crippen molar-refractivity contribution in [2.75, 3.05) is 18.5 Å². The second-order valence-electron chi connectivity index (χ2n) is 6.39. The molecule has 1 heterocycles. The van der Waals surface area contributed by atoms with E-state index in [4.69, 9.17) is 21.1 Å². The van der Waals surface area contributed by atoms with Crippen LogP contribution in [0, 0.1) is 0 Å². The maximum atomic E-state index is 12.5. The van der Waals surface area contributed by atoms with Crippen molar-refractivity contribution in [2.24, 2.45) is 0 Å². The molecular weight excluding hydrogens is 422 g/mol. The highest BCUT2D eigenvalue weighted by Gasteiger charge is 2.22. The van der Waals surface area contributed by atoms with Crippen molar-refractivity contribution in [3.05, 3.63) is 70.6 Å². The monoisotopic (exact) mass is 443 g/mol. The zero-order chi connectivity index (χ0) is 21.3. The van der Waals surface area contributed by atoms with E-state index in [-0.39, 0.29) is 18.9 Å². The summed E-state index contributed by atoms with van der Waals surface area (Å²) in [5.41, 5.74) is 2.04. The Hall–Kier alpha value is -2.83. The van der Waals surface area contributed by atoms with Gasteiger partial charge in [0.2, 0.25) is 5.91 Å². The van der Waals surface area contributed by atoms with Gasteiger partial charge in [-0.3, -0.25) is 4.79 Å². The summed E-state index contributed by atoms with van der Waals surface area (Å²) in [5, 5.41) is 5.85. The van der Waals surface area contributed by atoms with Gasteiger partial charge in [-0.25, -0.2) is 4.79 Å². The number of esters is 1. The van der Waals surface area contributed by atoms with Crippen molar-refractivity contribution in [1.82, 2.24) is 0 Å². The lowest BCUT2D eigenvalue weighted by molar-refractivity contribution is -0.116. The number of anilines is 1. The highest BCUT2D eigenvalue weighted by molar-refractivity contribution is 7.15. The van der Waals surface area contributed by atoms with Crippen LogP contribution in [0.15, 0.2) is 60.0 Å². The number of hydrogen-bond donors (Lipinski definition) is 1. The average molecular weight is 444 g/mol. The van der Waals surface area contributed by atoms with Gasteiger partial charge in [0.1, 0.15) is 16.3 Å². The molecule has 1 N–H and O–H groups in total. The van der Waals surface area contributed by atoms with Crippen LogP contribution in [0.2, 0.25) is 5.02 Å². The zero-order valence-electron chi connectivity index (χ0n) is 16.5. The maximum absolute atomic E-state index is 12.5. The third kappa shape index (κ3) is 5.84. The number of nitrogens with one attached hydrogen (secondary N) is 1. The Balaban J connectivity index is 1.62. The van der Waals surface area contributed by atoms with Crippen molar-refractivity contribution in [3.63, 3.8) is 0 Å². The van der Waals surface area contributed by atoms with Gasteiger partial charge in [-0.1, -0.05) is 41.9 Å². The number of amides is 1. The molecule has 3 rings (SSSR count). The minimum atomic E-state index is -0.445. The second-order valence-corrected chi connectivity index (χ2v) is 7.71. The van der Waals surface area contributed by atoms with Crippen LogP contribution in [0.1, 0.15) is 30.1 Å². The highest BCUT2D eigenvalue weighted by Crippen LogP contribution is 2.36. The van der Waals surface area contributed by atoms with Gasteiger partial charge in [0.05, 0.1) is 13.2 Å². The lowest BCUT2D eigenvalue weighted by Crippen LogP contribution is -2.15. The first kappa shape index (κ1) is 21.9. The summed E-state index contributed by atoms with van der Waals surface area (Å²) in [4.78, 5) is 25.0. The molecule has 5 nitrogen and oxygen atoms in total. The Morgan fingerprint density at radius 3 is 2.50 bits per heavy atom. The van der Waals surface area contributed by atoms with Crippen LogP contribution in [0.4, 0.5) is 5.00 Å². The van der Waals surface area contributed by atoms with Crippen molar-refractivity contribution in [2.45, 2.75) is 19.8 Å². The summed E-state index contributed by atoms with van der Waals surface area (Å²) in [5.74, 6) is 0.0795. The first-order chi connectivity index (χ1) is 14.6. The molecule has 2 aromatic carbocycles. The number of thiophene rings is 1. The van der Waals surface area contributed by atoms with E-state index in [1.165, 1.54) is 11.3 Å². The number of carbonyl (C=O) groups is 2. The molecule has 0 bridgehead atoms. The van der Waals surface area contributed by atoms with E-state index < -0.39 is 5.97 Å². The van der Waals surface area contributed by atoms with Crippen LogP contribution >= 0.6 is 22.9 Å². The molecule has 0 unspecified atom stereocenters. The molecule has 0 saturated heterocycles. The summed E-state index contributed by atoms with van der Waals surface area (Å²) >= 11 is 7.16. The quantitative estimate of drug-likeness (QED) is 0.323. The maximum Gasteiger partial charge on any atom is 0.341 e. The Labute approximate surface area is 184 Å². The lowest BCUT2D eigenvalue weighted by Gasteiger charge is -2.09. The fourth-order valence-corrected chi connectivity index (χ4v) is 3.93. The van der Waals surface area contributed by atoms with Crippen molar-refractivity contribution < 1.29 is 19.1 Å². The third-order valence-electron chi connectivity index (χ3n) is 4.24. The van der Waals surface area contributed by atoms with Gasteiger partial charge in [0.25, 0.3) is 0 Å². The van der Waals surface area contributed by atoms with Crippen LogP contribution in [0.5, 0.6) is 5.75 Å². The minimum absolute atomic E-state index is 0.179. The predicted octanol–water partition coefficient (Wildman–Crippen LogP) is 6.04. The van der Waals surface area contributed by atoms with Crippen LogP contribution in [0.3, 0.4) is 0 Å². The molecule has 0 radical (unpaired) electrons. The van der Waals surface area contributed by atoms with E-state index in [0.29, 0.717) is 34.4 Å². The van der Waals surface area contributed by atoms with Gasteiger partial charge in [-0.05, 0) is 43.2 Å². The number of ether oxygens (including phenoxy) is 2. The van der Waals surface area contributed by atoms with Gasteiger partial charge in [-0.15, -0.1) is 11.3 Å². The third-order valence-corrected chi connectivity index (χ3v) is 5.39. The Morgan fingerprint density at radius 1 is 1.07 bits per heavy atom. The SMILES string of the molecule is CCOC(=O)c1c(-c2ccccc2)csc1NC(=O)CCCOc1ccc(Cl)cc1. The second kappa shape index (κ2) is 10.8. The number of halogens is 1. The van der Waals surface area contributed by atoms with Crippen LogP contribution < -0.4 is 10.1 Å². The first-order valence-electron chi connectivity index (χ1n) is 9.60. The number of carbonyl (C=O) groups excluding carboxylic acids is 2. The Morgan fingerprint density at radius 2 is 1.80 bits per heavy atom. The summed E-state index contributed by atoms with van der Waals surface area (Å²) < 4.78 is 10.8. The molecule has 7 heteroatoms. The largest absolute Gasteiger partial charge is 0.494 e. The summed E-state index contributed by atoms with van der Waals surface area (Å²) in [7, 11) is 0. The molecule has 156 valence electrons. The van der Waals surface area contributed by atoms with E-state index in [1.54, 1.807) is 31.2 Å². The predicted molar refractivity (Wildman–Crippen MR) is 121 cm³/mol. The molecule has 0 spiro atoms. The molecule has 0 aliphatic rings. The first-order valence-corrected chi connectivity index (χ1v) is 10.9. The molecule has 30 heavy (non-hydrogen) atoms. The minimum Gasteiger partial charge on any atom is -0.494 e. The van der Waals surface area contributed by atoms with Crippen molar-refractivity contribution >= 4 is 39.8 Å². The molecule has 0 fully saturated rings. The number of benzene rings is 2. The van der Waals surface area contributed by atoms with Gasteiger partial charge >= 0.3 is 5.97 Å². The van der Waals surface area contributed by atoms with E-state index >= 15 is 0 Å². The molecule has 0 saturated carbocycles. The Bertz CT molecular complexity index is 986. The molecule has 0 aliphatic heterocycles. The topological polar surface area (TPSA) is 64.6 Å². The summed E-state index contributed by atoms with van der Waals surface area (Å²) in [6.45, 7) is 2.42. The standard InChI is InChI=1S/C23H22ClNO4S/c1-2-28-23(27)21-19(16-7-4-3-5-8-16)15-30-22(21)25-20(26)9-6-14-29-18-12-10-17(24)11-13-18/h3-5,7-8,10-13,15H,2,6,9,14H2,1H3,(H,25,26). The number of rotatable bonds is 9. The molecule has 1 aromatic heterocycles. The molecule has 0 aliphatic carbocycles. The van der Waals surface area contributed by atoms with Gasteiger partial charge in [0.15, 0.2) is 0 Å². The normalized spacial score (nSPS) is 10.5. The van der Waals surface area contributed by atoms with Crippen LogP contribution in [0.25, 0.3) is 11.1 Å². The molecular formula is C23H22ClNO4S. The average Bonchev–Trinajstić information content (AvgIpc) is 3.17. The number of hydrogen-bond acceptors (Lipinski definition) is 5. The zero-order valence-corrected chi connectivity index (χ0v) is 18.1. The van der Waals surface area contributed by atoms with E-state index in [0.717, 1.165) is 11.1 Å². The Kier molecular flexibility index (Phi) is 7.88. The molecule has 1 amide bonds. The van der Waals surface area contributed by atoms with Crippen LogP contribution in [-0.4, -0.2) is 25.1 Å². The fraction of sp³-hybridized carbons (Fsp3) is 0.217. The van der Waals surface area contributed by atoms with Crippen LogP contribution in [-0.2, 0) is 9.53 Å². The molecule has 3 aromatic rings. The van der Waals surface area contributed by atoms with Gasteiger partial charge < -0.3 is 14.8 Å². The van der Waals surface area contributed by atoms with Gasteiger partial charge in [-0.2, -0.15) is 0 Å². The smallest absolute Gasteiger partial charge is 0.341 e. The van der Waals surface area contributed by atoms with Gasteiger partial charge in [0, 0.05) is 22.4 Å². The van der Waals surface area contributed by atoms with Crippen molar-refractivity contribution in [3.8, 4) is 16.9 Å². The highest BCUT2D eigenvalue weighted by atomic mass is 35.5. The van der Waals surface area contributed by atoms with E-state index in [9.17, 15) is 9.59 Å². The van der Waals surface area contributed by atoms with E-state index in [2.05, 4.69) is 5.32 Å². The fourth-order valence-electron chi connectivity index (χ4n) is 2.83.